The van der Waals surface area contributed by atoms with Crippen molar-refractivity contribution >= 4 is 11.9 Å². The van der Waals surface area contributed by atoms with Gasteiger partial charge in [-0.15, -0.1) is 0 Å². The van der Waals surface area contributed by atoms with Crippen molar-refractivity contribution in [2.24, 2.45) is 11.8 Å². The lowest BCUT2D eigenvalue weighted by molar-refractivity contribution is -0.153. The van der Waals surface area contributed by atoms with Crippen LogP contribution in [0.3, 0.4) is 0 Å². The van der Waals surface area contributed by atoms with Crippen LogP contribution in [-0.4, -0.2) is 60.9 Å². The monoisotopic (exact) mass is 307 g/mol. The molecule has 0 aromatic heterocycles. The molecular weight excluding hydrogens is 286 g/mol. The molecular formula is C16H21NO5. The zero-order valence-corrected chi connectivity index (χ0v) is 12.7. The van der Waals surface area contributed by atoms with Gasteiger partial charge in [0.15, 0.2) is 0 Å². The van der Waals surface area contributed by atoms with Gasteiger partial charge in [-0.3, -0.25) is 9.59 Å². The number of amides is 1. The molecule has 0 unspecified atom stereocenters. The number of rotatable bonds is 4. The van der Waals surface area contributed by atoms with Gasteiger partial charge in [0.2, 0.25) is 5.91 Å². The van der Waals surface area contributed by atoms with Crippen molar-refractivity contribution in [2.75, 3.05) is 26.3 Å². The van der Waals surface area contributed by atoms with Crippen molar-refractivity contribution in [1.29, 1.82) is 0 Å². The number of esters is 1. The lowest BCUT2D eigenvalue weighted by Gasteiger charge is -2.23. The molecule has 3 fully saturated rings. The van der Waals surface area contributed by atoms with Gasteiger partial charge in [0, 0.05) is 13.2 Å². The highest BCUT2D eigenvalue weighted by Gasteiger charge is 2.67. The summed E-state index contributed by atoms with van der Waals surface area (Å²) in [4.78, 5) is 26.9. The second-order valence-corrected chi connectivity index (χ2v) is 6.51. The van der Waals surface area contributed by atoms with E-state index in [1.54, 1.807) is 11.8 Å². The molecule has 0 N–H and O–H groups in total. The van der Waals surface area contributed by atoms with Gasteiger partial charge in [-0.05, 0) is 19.8 Å². The summed E-state index contributed by atoms with van der Waals surface area (Å²) in [5, 5.41) is 0. The second kappa shape index (κ2) is 5.06. The minimum Gasteiger partial charge on any atom is -0.466 e. The Kier molecular flexibility index (Phi) is 3.27. The zero-order chi connectivity index (χ0) is 15.3. The Morgan fingerprint density at radius 2 is 2.41 bits per heavy atom. The molecule has 0 aromatic rings. The Bertz CT molecular complexity index is 527. The van der Waals surface area contributed by atoms with Gasteiger partial charge in [-0.2, -0.15) is 0 Å². The summed E-state index contributed by atoms with van der Waals surface area (Å²) in [6.07, 6.45) is 5.69. The highest BCUT2D eigenvalue weighted by molar-refractivity contribution is 5.91. The quantitative estimate of drug-likeness (QED) is 0.559. The second-order valence-electron chi connectivity index (χ2n) is 6.51. The Morgan fingerprint density at radius 1 is 1.55 bits per heavy atom. The number of likely N-dealkylation sites (tertiary alicyclic amines) is 1. The molecule has 0 radical (unpaired) electrons. The Hall–Kier alpha value is -1.40. The summed E-state index contributed by atoms with van der Waals surface area (Å²) in [5.74, 6) is -1.27. The van der Waals surface area contributed by atoms with Gasteiger partial charge in [0.05, 0.1) is 31.3 Å². The van der Waals surface area contributed by atoms with Gasteiger partial charge in [-0.25, -0.2) is 0 Å². The summed E-state index contributed by atoms with van der Waals surface area (Å²) in [6, 6.07) is 0. The number of hydrogen-bond donors (Lipinski definition) is 0. The molecule has 6 nitrogen and oxygen atoms in total. The van der Waals surface area contributed by atoms with Crippen molar-refractivity contribution in [3.05, 3.63) is 12.2 Å². The minimum absolute atomic E-state index is 0.000373. The maximum atomic E-state index is 12.8. The number of carbonyl (C=O) groups excluding carboxylic acids is 2. The molecule has 120 valence electrons. The Balaban J connectivity index is 1.55. The number of hydrogen-bond acceptors (Lipinski definition) is 5. The van der Waals surface area contributed by atoms with Gasteiger partial charge in [0.25, 0.3) is 0 Å². The zero-order valence-electron chi connectivity index (χ0n) is 12.7. The van der Waals surface area contributed by atoms with Crippen LogP contribution >= 0.6 is 0 Å². The molecule has 22 heavy (non-hydrogen) atoms. The molecule has 2 bridgehead atoms. The molecule has 4 aliphatic heterocycles. The van der Waals surface area contributed by atoms with E-state index in [-0.39, 0.29) is 24.1 Å². The fourth-order valence-electron chi connectivity index (χ4n) is 4.27. The molecule has 5 atom stereocenters. The van der Waals surface area contributed by atoms with Gasteiger partial charge in [-0.1, -0.05) is 12.2 Å². The Labute approximate surface area is 129 Å². The van der Waals surface area contributed by atoms with Crippen LogP contribution < -0.4 is 0 Å². The molecule has 0 saturated carbocycles. The molecule has 3 saturated heterocycles. The van der Waals surface area contributed by atoms with E-state index >= 15 is 0 Å². The van der Waals surface area contributed by atoms with Crippen LogP contribution in [0.2, 0.25) is 0 Å². The van der Waals surface area contributed by atoms with Gasteiger partial charge >= 0.3 is 5.97 Å². The standard InChI is InChI=1S/C16H21NO5/c1-2-20-15(19)12-11-5-6-16(22-11)9-17(14(18)13(12)16)8-10-4-3-7-21-10/h5-6,10-13H,2-4,7-9H2,1H3/t10-,11+,12+,13-,16+/m0/s1. The normalized spacial score (nSPS) is 42.2. The first-order valence-corrected chi connectivity index (χ1v) is 8.09. The van der Waals surface area contributed by atoms with Crippen LogP contribution in [0, 0.1) is 11.8 Å². The van der Waals surface area contributed by atoms with E-state index in [2.05, 4.69) is 0 Å². The van der Waals surface area contributed by atoms with Crippen LogP contribution in [0.4, 0.5) is 0 Å². The average molecular weight is 307 g/mol. The van der Waals surface area contributed by atoms with Crippen molar-refractivity contribution in [3.63, 3.8) is 0 Å². The molecule has 0 aromatic carbocycles. The van der Waals surface area contributed by atoms with E-state index in [4.69, 9.17) is 14.2 Å². The molecule has 4 aliphatic rings. The third kappa shape index (κ3) is 1.93. The topological polar surface area (TPSA) is 65.1 Å². The van der Waals surface area contributed by atoms with E-state index in [0.717, 1.165) is 19.4 Å². The van der Waals surface area contributed by atoms with Gasteiger partial charge < -0.3 is 19.1 Å². The first kappa shape index (κ1) is 14.2. The maximum Gasteiger partial charge on any atom is 0.312 e. The smallest absolute Gasteiger partial charge is 0.312 e. The minimum atomic E-state index is -0.641. The van der Waals surface area contributed by atoms with Crippen LogP contribution in [0.25, 0.3) is 0 Å². The first-order valence-electron chi connectivity index (χ1n) is 8.09. The molecule has 1 amide bonds. The highest BCUT2D eigenvalue weighted by atomic mass is 16.6. The predicted molar refractivity (Wildman–Crippen MR) is 75.9 cm³/mol. The van der Waals surface area contributed by atoms with E-state index in [1.165, 1.54) is 0 Å². The van der Waals surface area contributed by atoms with Crippen molar-refractivity contribution in [3.8, 4) is 0 Å². The summed E-state index contributed by atoms with van der Waals surface area (Å²) in [7, 11) is 0. The predicted octanol–water partition coefficient (Wildman–Crippen LogP) is 0.511. The molecule has 4 rings (SSSR count). The first-order chi connectivity index (χ1) is 10.6. The van der Waals surface area contributed by atoms with E-state index in [0.29, 0.717) is 19.7 Å². The molecule has 4 heterocycles. The highest BCUT2D eigenvalue weighted by Crippen LogP contribution is 2.52. The molecule has 6 heteroatoms. The van der Waals surface area contributed by atoms with Gasteiger partial charge in [0.1, 0.15) is 11.5 Å². The summed E-state index contributed by atoms with van der Waals surface area (Å²) in [5.41, 5.74) is -0.641. The van der Waals surface area contributed by atoms with Crippen molar-refractivity contribution < 1.29 is 23.8 Å². The third-order valence-corrected chi connectivity index (χ3v) is 5.19. The van der Waals surface area contributed by atoms with E-state index in [1.807, 2.05) is 12.2 Å². The summed E-state index contributed by atoms with van der Waals surface area (Å²) >= 11 is 0. The van der Waals surface area contributed by atoms with Crippen LogP contribution in [0.1, 0.15) is 19.8 Å². The fraction of sp³-hybridized carbons (Fsp3) is 0.750. The summed E-state index contributed by atoms with van der Waals surface area (Å²) < 4.78 is 16.8. The maximum absolute atomic E-state index is 12.8. The van der Waals surface area contributed by atoms with E-state index < -0.39 is 17.4 Å². The third-order valence-electron chi connectivity index (χ3n) is 5.19. The Morgan fingerprint density at radius 3 is 3.14 bits per heavy atom. The largest absolute Gasteiger partial charge is 0.466 e. The van der Waals surface area contributed by atoms with Crippen LogP contribution in [0.5, 0.6) is 0 Å². The van der Waals surface area contributed by atoms with Crippen molar-refractivity contribution in [1.82, 2.24) is 4.90 Å². The van der Waals surface area contributed by atoms with Crippen molar-refractivity contribution in [2.45, 2.75) is 37.6 Å². The molecule has 0 aliphatic carbocycles. The summed E-state index contributed by atoms with van der Waals surface area (Å²) in [6.45, 7) is 3.97. The van der Waals surface area contributed by atoms with E-state index in [9.17, 15) is 9.59 Å². The number of ether oxygens (including phenoxy) is 3. The lowest BCUT2D eigenvalue weighted by Crippen LogP contribution is -2.40. The number of carbonyl (C=O) groups is 2. The average Bonchev–Trinajstić information content (AvgIpc) is 3.23. The van der Waals surface area contributed by atoms with Crippen LogP contribution in [-0.2, 0) is 23.8 Å². The number of nitrogens with zero attached hydrogens (tertiary/aromatic N) is 1. The SMILES string of the molecule is CCOC(=O)[C@H]1[C@H]2C(=O)N(C[C@@H]3CCCO3)C[C@]23C=C[C@H]1O3. The molecule has 1 spiro atoms. The van der Waals surface area contributed by atoms with Crippen LogP contribution in [0.15, 0.2) is 12.2 Å². The lowest BCUT2D eigenvalue weighted by atomic mass is 9.77. The number of fused-ring (bicyclic) bond motifs is 1. The fourth-order valence-corrected chi connectivity index (χ4v) is 4.27.